The number of piperidine rings is 1. The first-order chi connectivity index (χ1) is 9.06. The zero-order chi connectivity index (χ0) is 13.8. The van der Waals surface area contributed by atoms with Gasteiger partial charge in [0.15, 0.2) is 0 Å². The van der Waals surface area contributed by atoms with Crippen LogP contribution in [0.4, 0.5) is 0 Å². The number of amides is 1. The Morgan fingerprint density at radius 1 is 1.21 bits per heavy atom. The molecule has 2 unspecified atom stereocenters. The molecule has 2 atom stereocenters. The maximum Gasteiger partial charge on any atom is 0.303 e. The van der Waals surface area contributed by atoms with Crippen molar-refractivity contribution in [2.75, 3.05) is 33.2 Å². The summed E-state index contributed by atoms with van der Waals surface area (Å²) >= 11 is 0. The molecule has 0 aromatic heterocycles. The molecule has 19 heavy (non-hydrogen) atoms. The highest BCUT2D eigenvalue weighted by molar-refractivity contribution is 5.79. The number of hydrogen-bond acceptors (Lipinski definition) is 3. The van der Waals surface area contributed by atoms with Crippen molar-refractivity contribution in [2.24, 2.45) is 11.8 Å². The Hall–Kier alpha value is -1.10. The normalized spacial score (nSPS) is 28.6. The monoisotopic (exact) mass is 268 g/mol. The van der Waals surface area contributed by atoms with Gasteiger partial charge in [-0.3, -0.25) is 9.59 Å². The lowest BCUT2D eigenvalue weighted by Gasteiger charge is -2.34. The molecule has 2 aliphatic rings. The Bertz CT molecular complexity index is 346. The molecule has 2 aliphatic heterocycles. The fraction of sp³-hybridized carbons (Fsp3) is 0.857. The van der Waals surface area contributed by atoms with Crippen LogP contribution in [0, 0.1) is 11.8 Å². The molecule has 2 heterocycles. The highest BCUT2D eigenvalue weighted by Gasteiger charge is 2.32. The first-order valence-corrected chi connectivity index (χ1v) is 7.25. The minimum absolute atomic E-state index is 0.156. The van der Waals surface area contributed by atoms with Crippen molar-refractivity contribution < 1.29 is 14.7 Å². The molecule has 1 amide bonds. The van der Waals surface area contributed by atoms with Gasteiger partial charge in [-0.1, -0.05) is 0 Å². The van der Waals surface area contributed by atoms with Crippen LogP contribution >= 0.6 is 0 Å². The lowest BCUT2D eigenvalue weighted by atomic mass is 9.92. The van der Waals surface area contributed by atoms with E-state index < -0.39 is 5.97 Å². The Labute approximate surface area is 114 Å². The average molecular weight is 268 g/mol. The van der Waals surface area contributed by atoms with Gasteiger partial charge in [-0.05, 0) is 45.2 Å². The number of carbonyl (C=O) groups is 2. The summed E-state index contributed by atoms with van der Waals surface area (Å²) in [5, 5.41) is 8.73. The molecule has 0 spiro atoms. The lowest BCUT2D eigenvalue weighted by molar-refractivity contribution is -0.137. The molecule has 0 aromatic carbocycles. The van der Waals surface area contributed by atoms with Crippen molar-refractivity contribution in [1.82, 2.24) is 9.80 Å². The van der Waals surface area contributed by atoms with Gasteiger partial charge >= 0.3 is 5.97 Å². The topological polar surface area (TPSA) is 60.9 Å². The zero-order valence-corrected chi connectivity index (χ0v) is 11.7. The summed E-state index contributed by atoms with van der Waals surface area (Å²) in [4.78, 5) is 27.2. The Balaban J connectivity index is 1.83. The third kappa shape index (κ3) is 3.93. The van der Waals surface area contributed by atoms with Crippen molar-refractivity contribution >= 4 is 11.9 Å². The highest BCUT2D eigenvalue weighted by Crippen LogP contribution is 2.24. The summed E-state index contributed by atoms with van der Waals surface area (Å²) in [6.45, 7) is 3.48. The van der Waals surface area contributed by atoms with Crippen molar-refractivity contribution in [3.05, 3.63) is 0 Å². The van der Waals surface area contributed by atoms with E-state index in [4.69, 9.17) is 5.11 Å². The van der Waals surface area contributed by atoms with E-state index in [2.05, 4.69) is 11.9 Å². The predicted molar refractivity (Wildman–Crippen MR) is 71.8 cm³/mol. The number of nitrogens with zero attached hydrogens (tertiary/aromatic N) is 2. The minimum atomic E-state index is -0.735. The van der Waals surface area contributed by atoms with Gasteiger partial charge in [0.25, 0.3) is 0 Å². The van der Waals surface area contributed by atoms with Gasteiger partial charge in [0.2, 0.25) is 5.91 Å². The summed E-state index contributed by atoms with van der Waals surface area (Å²) in [5.74, 6) is 0.0707. The predicted octanol–water partition coefficient (Wildman–Crippen LogP) is 1.04. The van der Waals surface area contributed by atoms with Crippen LogP contribution in [0.3, 0.4) is 0 Å². The van der Waals surface area contributed by atoms with Gasteiger partial charge in [-0.2, -0.15) is 0 Å². The van der Waals surface area contributed by atoms with E-state index in [9.17, 15) is 9.59 Å². The zero-order valence-electron chi connectivity index (χ0n) is 11.7. The first-order valence-electron chi connectivity index (χ1n) is 7.25. The van der Waals surface area contributed by atoms with Crippen LogP contribution in [0.5, 0.6) is 0 Å². The summed E-state index contributed by atoms with van der Waals surface area (Å²) < 4.78 is 0. The summed E-state index contributed by atoms with van der Waals surface area (Å²) in [7, 11) is 2.05. The number of carboxylic acids is 1. The Morgan fingerprint density at radius 2 is 2.00 bits per heavy atom. The van der Waals surface area contributed by atoms with Crippen LogP contribution in [0.1, 0.15) is 32.1 Å². The fourth-order valence-corrected chi connectivity index (χ4v) is 3.22. The van der Waals surface area contributed by atoms with E-state index in [0.717, 1.165) is 45.4 Å². The van der Waals surface area contributed by atoms with Crippen molar-refractivity contribution in [3.8, 4) is 0 Å². The number of rotatable bonds is 4. The van der Waals surface area contributed by atoms with Crippen LogP contribution in [0.25, 0.3) is 0 Å². The van der Waals surface area contributed by atoms with Crippen LogP contribution in [0.15, 0.2) is 0 Å². The molecule has 0 bridgehead atoms. The molecule has 5 heteroatoms. The maximum atomic E-state index is 12.4. The molecule has 1 N–H and O–H groups in total. The largest absolute Gasteiger partial charge is 0.481 e. The van der Waals surface area contributed by atoms with Gasteiger partial charge in [-0.15, -0.1) is 0 Å². The molecule has 0 radical (unpaired) electrons. The summed E-state index contributed by atoms with van der Waals surface area (Å²) in [6.07, 6.45) is 3.95. The Morgan fingerprint density at radius 3 is 2.63 bits per heavy atom. The number of hydrogen-bond donors (Lipinski definition) is 1. The van der Waals surface area contributed by atoms with Gasteiger partial charge in [0.05, 0.1) is 5.92 Å². The molecule has 108 valence electrons. The van der Waals surface area contributed by atoms with E-state index in [1.807, 2.05) is 4.90 Å². The van der Waals surface area contributed by atoms with Crippen LogP contribution < -0.4 is 0 Å². The quantitative estimate of drug-likeness (QED) is 0.827. The van der Waals surface area contributed by atoms with Crippen molar-refractivity contribution in [2.45, 2.75) is 32.1 Å². The molecule has 2 rings (SSSR count). The van der Waals surface area contributed by atoms with Gasteiger partial charge in [0.1, 0.15) is 0 Å². The van der Waals surface area contributed by atoms with E-state index in [1.54, 1.807) is 0 Å². The summed E-state index contributed by atoms with van der Waals surface area (Å²) in [5.41, 5.74) is 0. The standard InChI is InChI=1S/C14H24N2O3/c1-15-8-6-12(10-15)14(19)16-7-2-3-11(9-16)4-5-13(17)18/h11-12H,2-10H2,1H3,(H,17,18). The number of aliphatic carboxylic acids is 1. The number of carboxylic acid groups (broad SMARTS) is 1. The van der Waals surface area contributed by atoms with Crippen LogP contribution in [-0.2, 0) is 9.59 Å². The lowest BCUT2D eigenvalue weighted by Crippen LogP contribution is -2.43. The Kier molecular flexibility index (Phi) is 4.80. The number of carbonyl (C=O) groups excluding carboxylic acids is 1. The third-order valence-electron chi connectivity index (χ3n) is 4.34. The van der Waals surface area contributed by atoms with Crippen LogP contribution in [0.2, 0.25) is 0 Å². The van der Waals surface area contributed by atoms with Gasteiger partial charge in [-0.25, -0.2) is 0 Å². The molecular weight excluding hydrogens is 244 g/mol. The molecular formula is C14H24N2O3. The average Bonchev–Trinajstić information content (AvgIpc) is 2.82. The van der Waals surface area contributed by atoms with Gasteiger partial charge in [0, 0.05) is 26.1 Å². The third-order valence-corrected chi connectivity index (χ3v) is 4.34. The smallest absolute Gasteiger partial charge is 0.303 e. The minimum Gasteiger partial charge on any atom is -0.481 e. The van der Waals surface area contributed by atoms with E-state index in [-0.39, 0.29) is 18.2 Å². The van der Waals surface area contributed by atoms with Crippen LogP contribution in [-0.4, -0.2) is 60.0 Å². The van der Waals surface area contributed by atoms with E-state index in [0.29, 0.717) is 12.3 Å². The summed E-state index contributed by atoms with van der Waals surface area (Å²) in [6, 6.07) is 0. The molecule has 5 nitrogen and oxygen atoms in total. The van der Waals surface area contributed by atoms with Gasteiger partial charge < -0.3 is 14.9 Å². The second kappa shape index (κ2) is 6.37. The maximum absolute atomic E-state index is 12.4. The fourth-order valence-electron chi connectivity index (χ4n) is 3.22. The SMILES string of the molecule is CN1CCC(C(=O)N2CCCC(CCC(=O)O)C2)C1. The molecule has 2 saturated heterocycles. The second-order valence-electron chi connectivity index (χ2n) is 5.97. The molecule has 0 aliphatic carbocycles. The van der Waals surface area contributed by atoms with E-state index >= 15 is 0 Å². The van der Waals surface area contributed by atoms with E-state index in [1.165, 1.54) is 0 Å². The molecule has 0 aromatic rings. The second-order valence-corrected chi connectivity index (χ2v) is 5.97. The number of likely N-dealkylation sites (tertiary alicyclic amines) is 2. The highest BCUT2D eigenvalue weighted by atomic mass is 16.4. The van der Waals surface area contributed by atoms with Crippen molar-refractivity contribution in [1.29, 1.82) is 0 Å². The molecule has 0 saturated carbocycles. The first kappa shape index (κ1) is 14.3. The van der Waals surface area contributed by atoms with Crippen molar-refractivity contribution in [3.63, 3.8) is 0 Å². The molecule has 2 fully saturated rings.